The average molecular weight is 421 g/mol. The number of halogens is 5. The average Bonchev–Trinajstić information content (AvgIpc) is 2.56. The quantitative estimate of drug-likeness (QED) is 0.506. The first-order valence-corrected chi connectivity index (χ1v) is 7.76. The minimum Gasteiger partial charge on any atom is -0.496 e. The van der Waals surface area contributed by atoms with Gasteiger partial charge in [-0.3, -0.25) is 0 Å². The van der Waals surface area contributed by atoms with Crippen LogP contribution in [0.4, 0.5) is 17.6 Å². The molecule has 0 amide bonds. The van der Waals surface area contributed by atoms with Gasteiger partial charge in [-0.05, 0) is 40.2 Å². The first-order valence-electron chi connectivity index (χ1n) is 6.97. The third-order valence-corrected chi connectivity index (χ3v) is 4.27. The molecule has 0 N–H and O–H groups in total. The van der Waals surface area contributed by atoms with Gasteiger partial charge >= 0.3 is 6.18 Å². The van der Waals surface area contributed by atoms with Crippen LogP contribution in [0.3, 0.4) is 0 Å². The molecule has 2 aromatic rings. The molecule has 0 saturated heterocycles. The van der Waals surface area contributed by atoms with Crippen molar-refractivity contribution in [3.8, 4) is 11.5 Å². The largest absolute Gasteiger partial charge is 0.496 e. The zero-order valence-electron chi connectivity index (χ0n) is 13.2. The second-order valence-electron chi connectivity index (χ2n) is 5.01. The Morgan fingerprint density at radius 1 is 1.08 bits per heavy atom. The highest BCUT2D eigenvalue weighted by Crippen LogP contribution is 2.45. The van der Waals surface area contributed by atoms with E-state index in [9.17, 15) is 22.4 Å². The Bertz CT molecular complexity index is 790. The molecule has 0 aliphatic carbocycles. The number of methoxy groups -OCH3 is 2. The Labute approximate surface area is 149 Å². The standard InChI is InChI=1S/C17H13BrF4O3/c1-24-13-7-6-11(18)16(25-2)15(13)9(8-23)14-10(17(20,21)22)4-3-5-12(14)19/h3-9H,1-2H3. The van der Waals surface area contributed by atoms with Crippen molar-refractivity contribution in [2.45, 2.75) is 12.1 Å². The topological polar surface area (TPSA) is 35.5 Å². The van der Waals surface area contributed by atoms with E-state index < -0.39 is 29.0 Å². The fraction of sp³-hybridized carbons (Fsp3) is 0.235. The van der Waals surface area contributed by atoms with E-state index in [2.05, 4.69) is 15.9 Å². The lowest BCUT2D eigenvalue weighted by Gasteiger charge is -2.22. The van der Waals surface area contributed by atoms with Gasteiger partial charge in [0.05, 0.1) is 35.7 Å². The van der Waals surface area contributed by atoms with Crippen molar-refractivity contribution < 1.29 is 31.8 Å². The second-order valence-corrected chi connectivity index (χ2v) is 5.86. The van der Waals surface area contributed by atoms with Crippen LogP contribution >= 0.6 is 15.9 Å². The van der Waals surface area contributed by atoms with E-state index in [1.165, 1.54) is 20.3 Å². The van der Waals surface area contributed by atoms with Crippen LogP contribution in [0.2, 0.25) is 0 Å². The fourth-order valence-electron chi connectivity index (χ4n) is 2.62. The van der Waals surface area contributed by atoms with E-state index in [4.69, 9.17) is 9.47 Å². The molecular formula is C17H13BrF4O3. The molecular weight excluding hydrogens is 408 g/mol. The maximum absolute atomic E-state index is 14.3. The Balaban J connectivity index is 2.84. The van der Waals surface area contributed by atoms with Crippen molar-refractivity contribution in [2.24, 2.45) is 0 Å². The highest BCUT2D eigenvalue weighted by Gasteiger charge is 2.38. The van der Waals surface area contributed by atoms with Gasteiger partial charge in [0.2, 0.25) is 0 Å². The third-order valence-electron chi connectivity index (χ3n) is 3.65. The van der Waals surface area contributed by atoms with Crippen LogP contribution in [0.5, 0.6) is 11.5 Å². The number of hydrogen-bond donors (Lipinski definition) is 0. The maximum atomic E-state index is 14.3. The number of alkyl halides is 3. The van der Waals surface area contributed by atoms with Gasteiger partial charge in [-0.15, -0.1) is 0 Å². The molecule has 0 saturated carbocycles. The number of aldehydes is 1. The minimum absolute atomic E-state index is 0.00461. The van der Waals surface area contributed by atoms with Crippen molar-refractivity contribution in [1.82, 2.24) is 0 Å². The molecule has 0 fully saturated rings. The summed E-state index contributed by atoms with van der Waals surface area (Å²) in [5.74, 6) is -2.52. The number of carbonyl (C=O) groups excluding carboxylic acids is 1. The predicted octanol–water partition coefficient (Wildman–Crippen LogP) is 4.96. The molecule has 0 spiro atoms. The summed E-state index contributed by atoms with van der Waals surface area (Å²) in [4.78, 5) is 11.7. The lowest BCUT2D eigenvalue weighted by molar-refractivity contribution is -0.138. The highest BCUT2D eigenvalue weighted by atomic mass is 79.9. The van der Waals surface area contributed by atoms with Crippen LogP contribution in [-0.4, -0.2) is 20.5 Å². The molecule has 8 heteroatoms. The highest BCUT2D eigenvalue weighted by molar-refractivity contribution is 9.10. The summed E-state index contributed by atoms with van der Waals surface area (Å²) in [7, 11) is 2.58. The van der Waals surface area contributed by atoms with Crippen molar-refractivity contribution in [1.29, 1.82) is 0 Å². The first-order chi connectivity index (χ1) is 11.8. The molecule has 0 heterocycles. The van der Waals surface area contributed by atoms with Gasteiger partial charge in [-0.2, -0.15) is 13.2 Å². The summed E-state index contributed by atoms with van der Waals surface area (Å²) in [5, 5.41) is 0. The Kier molecular flexibility index (Phi) is 5.72. The second kappa shape index (κ2) is 7.43. The van der Waals surface area contributed by atoms with Gasteiger partial charge in [-0.25, -0.2) is 4.39 Å². The van der Waals surface area contributed by atoms with Crippen LogP contribution in [0.15, 0.2) is 34.8 Å². The predicted molar refractivity (Wildman–Crippen MR) is 86.6 cm³/mol. The minimum atomic E-state index is -4.83. The lowest BCUT2D eigenvalue weighted by Crippen LogP contribution is -2.17. The maximum Gasteiger partial charge on any atom is 0.416 e. The molecule has 2 rings (SSSR count). The summed E-state index contributed by atoms with van der Waals surface area (Å²) >= 11 is 3.20. The monoisotopic (exact) mass is 420 g/mol. The lowest BCUT2D eigenvalue weighted by atomic mass is 9.87. The molecule has 0 aliphatic rings. The zero-order chi connectivity index (χ0) is 18.8. The van der Waals surface area contributed by atoms with Crippen LogP contribution in [0.25, 0.3) is 0 Å². The van der Waals surface area contributed by atoms with E-state index >= 15 is 0 Å². The van der Waals surface area contributed by atoms with Crippen molar-refractivity contribution in [3.05, 3.63) is 57.3 Å². The fourth-order valence-corrected chi connectivity index (χ4v) is 3.12. The first kappa shape index (κ1) is 19.2. The van der Waals surface area contributed by atoms with Gasteiger partial charge in [-0.1, -0.05) is 6.07 Å². The molecule has 0 radical (unpaired) electrons. The Hall–Kier alpha value is -2.09. The molecule has 134 valence electrons. The molecule has 25 heavy (non-hydrogen) atoms. The molecule has 0 bridgehead atoms. The van der Waals surface area contributed by atoms with Gasteiger partial charge in [0.25, 0.3) is 0 Å². The summed E-state index contributed by atoms with van der Waals surface area (Å²) in [6, 6.07) is 5.55. The Morgan fingerprint density at radius 3 is 2.28 bits per heavy atom. The molecule has 3 nitrogen and oxygen atoms in total. The van der Waals surface area contributed by atoms with E-state index in [1.54, 1.807) is 6.07 Å². The van der Waals surface area contributed by atoms with Crippen LogP contribution < -0.4 is 9.47 Å². The summed E-state index contributed by atoms with van der Waals surface area (Å²) in [6.07, 6.45) is -4.59. The van der Waals surface area contributed by atoms with Crippen LogP contribution in [0.1, 0.15) is 22.6 Å². The molecule has 1 unspecified atom stereocenters. The molecule has 2 aromatic carbocycles. The summed E-state index contributed by atoms with van der Waals surface area (Å²) < 4.78 is 65.1. The SMILES string of the molecule is COc1ccc(Br)c(OC)c1C(C=O)c1c(F)cccc1C(F)(F)F. The van der Waals surface area contributed by atoms with Gasteiger partial charge in [0.15, 0.2) is 0 Å². The number of hydrogen-bond acceptors (Lipinski definition) is 3. The number of ether oxygens (including phenoxy) is 2. The Morgan fingerprint density at radius 2 is 1.76 bits per heavy atom. The number of rotatable bonds is 5. The van der Waals surface area contributed by atoms with E-state index in [-0.39, 0.29) is 23.3 Å². The van der Waals surface area contributed by atoms with E-state index in [0.29, 0.717) is 4.47 Å². The van der Waals surface area contributed by atoms with Crippen molar-refractivity contribution >= 4 is 22.2 Å². The third kappa shape index (κ3) is 3.63. The van der Waals surface area contributed by atoms with Gasteiger partial charge in [0.1, 0.15) is 23.6 Å². The van der Waals surface area contributed by atoms with E-state index in [1.807, 2.05) is 0 Å². The normalized spacial score (nSPS) is 12.6. The van der Waals surface area contributed by atoms with Gasteiger partial charge < -0.3 is 14.3 Å². The smallest absolute Gasteiger partial charge is 0.416 e. The van der Waals surface area contributed by atoms with Crippen molar-refractivity contribution in [2.75, 3.05) is 14.2 Å². The summed E-state index contributed by atoms with van der Waals surface area (Å²) in [5.41, 5.74) is -2.00. The molecule has 0 aromatic heterocycles. The van der Waals surface area contributed by atoms with Crippen LogP contribution in [0, 0.1) is 5.82 Å². The van der Waals surface area contributed by atoms with Gasteiger partial charge in [0, 0.05) is 5.56 Å². The zero-order valence-corrected chi connectivity index (χ0v) is 14.7. The summed E-state index contributed by atoms with van der Waals surface area (Å²) in [6.45, 7) is 0. The van der Waals surface area contributed by atoms with E-state index in [0.717, 1.165) is 18.2 Å². The van der Waals surface area contributed by atoms with Crippen molar-refractivity contribution in [3.63, 3.8) is 0 Å². The molecule has 1 atom stereocenters. The number of benzene rings is 2. The molecule has 0 aliphatic heterocycles. The van der Waals surface area contributed by atoms with Crippen LogP contribution in [-0.2, 0) is 11.0 Å². The number of carbonyl (C=O) groups is 1.